The second-order valence-corrected chi connectivity index (χ2v) is 8.51. The Morgan fingerprint density at radius 1 is 1.09 bits per heavy atom. The number of pyridine rings is 1. The lowest BCUT2D eigenvalue weighted by Crippen LogP contribution is -2.25. The van der Waals surface area contributed by atoms with E-state index in [1.165, 1.54) is 25.7 Å². The summed E-state index contributed by atoms with van der Waals surface area (Å²) in [6.07, 6.45) is 5.05. The molecule has 0 spiro atoms. The number of methoxy groups -OCH3 is 2. The highest BCUT2D eigenvalue weighted by atomic mass is 16.5. The van der Waals surface area contributed by atoms with Crippen molar-refractivity contribution in [3.63, 3.8) is 0 Å². The van der Waals surface area contributed by atoms with Gasteiger partial charge in [-0.1, -0.05) is 18.9 Å². The lowest BCUT2D eigenvalue weighted by Gasteiger charge is -2.17. The van der Waals surface area contributed by atoms with Crippen LogP contribution in [0.5, 0.6) is 11.5 Å². The molecule has 0 aliphatic heterocycles. The Labute approximate surface area is 186 Å². The first-order valence-corrected chi connectivity index (χ1v) is 11.1. The summed E-state index contributed by atoms with van der Waals surface area (Å²) in [4.78, 5) is 12.4. The molecule has 2 heterocycles. The molecular formula is C25H28N4O3. The normalized spacial score (nSPS) is 14.5. The zero-order chi connectivity index (χ0) is 22.2. The molecule has 32 heavy (non-hydrogen) atoms. The van der Waals surface area contributed by atoms with Crippen LogP contribution in [0.1, 0.15) is 36.8 Å². The molecule has 2 N–H and O–H groups in total. The predicted molar refractivity (Wildman–Crippen MR) is 126 cm³/mol. The lowest BCUT2D eigenvalue weighted by molar-refractivity contribution is 0.405. The van der Waals surface area contributed by atoms with E-state index in [1.54, 1.807) is 18.6 Å². The molecule has 1 aliphatic carbocycles. The Morgan fingerprint density at radius 2 is 1.88 bits per heavy atom. The molecule has 0 saturated heterocycles. The minimum absolute atomic E-state index is 0.252. The Bertz CT molecular complexity index is 1350. The van der Waals surface area contributed by atoms with Gasteiger partial charge in [-0.2, -0.15) is 5.10 Å². The van der Waals surface area contributed by atoms with Crippen LogP contribution in [-0.4, -0.2) is 34.9 Å². The number of aromatic nitrogens is 3. The molecule has 0 atom stereocenters. The summed E-state index contributed by atoms with van der Waals surface area (Å²) in [7, 11) is 3.38. The van der Waals surface area contributed by atoms with Crippen LogP contribution in [0, 0.1) is 6.92 Å². The first kappa shape index (κ1) is 20.6. The van der Waals surface area contributed by atoms with Gasteiger partial charge in [-0.25, -0.2) is 14.3 Å². The maximum Gasteiger partial charge on any atom is 0.348 e. The van der Waals surface area contributed by atoms with E-state index < -0.39 is 0 Å². The van der Waals surface area contributed by atoms with Gasteiger partial charge in [0.05, 0.1) is 19.7 Å². The molecule has 0 unspecified atom stereocenters. The fourth-order valence-corrected chi connectivity index (χ4v) is 4.84. The van der Waals surface area contributed by atoms with E-state index in [9.17, 15) is 4.79 Å². The predicted octanol–water partition coefficient (Wildman–Crippen LogP) is 4.20. The van der Waals surface area contributed by atoms with Crippen LogP contribution in [0.15, 0.2) is 41.2 Å². The number of benzene rings is 2. The maximum absolute atomic E-state index is 12.4. The number of aryl methyl sites for hydroxylation is 1. The van der Waals surface area contributed by atoms with Crippen molar-refractivity contribution in [1.82, 2.24) is 19.9 Å². The largest absolute Gasteiger partial charge is 0.496 e. The molecular weight excluding hydrogens is 404 g/mol. The van der Waals surface area contributed by atoms with Gasteiger partial charge in [-0.3, -0.25) is 0 Å². The fourth-order valence-electron chi connectivity index (χ4n) is 4.84. The van der Waals surface area contributed by atoms with Crippen molar-refractivity contribution in [3.05, 3.63) is 58.0 Å². The van der Waals surface area contributed by atoms with Gasteiger partial charge in [-0.15, -0.1) is 0 Å². The summed E-state index contributed by atoms with van der Waals surface area (Å²) < 4.78 is 13.0. The van der Waals surface area contributed by atoms with E-state index in [2.05, 4.69) is 21.6 Å². The van der Waals surface area contributed by atoms with Gasteiger partial charge in [0.15, 0.2) is 5.65 Å². The molecule has 166 valence electrons. The van der Waals surface area contributed by atoms with Crippen LogP contribution in [0.3, 0.4) is 0 Å². The van der Waals surface area contributed by atoms with Gasteiger partial charge >= 0.3 is 5.69 Å². The van der Waals surface area contributed by atoms with Crippen LogP contribution < -0.4 is 20.5 Å². The van der Waals surface area contributed by atoms with Gasteiger partial charge in [0.1, 0.15) is 11.5 Å². The summed E-state index contributed by atoms with van der Waals surface area (Å²) in [6, 6.07) is 12.7. The minimum atomic E-state index is -0.252. The number of fused-ring (bicyclic) bond motifs is 3. The van der Waals surface area contributed by atoms with Crippen molar-refractivity contribution >= 4 is 16.6 Å². The molecule has 1 fully saturated rings. The number of rotatable bonds is 6. The molecule has 0 amide bonds. The highest BCUT2D eigenvalue weighted by Crippen LogP contribution is 2.37. The second-order valence-electron chi connectivity index (χ2n) is 8.51. The fraction of sp³-hybridized carbons (Fsp3) is 0.360. The van der Waals surface area contributed by atoms with Crippen LogP contribution >= 0.6 is 0 Å². The van der Waals surface area contributed by atoms with Crippen molar-refractivity contribution in [2.45, 2.75) is 45.2 Å². The molecule has 0 radical (unpaired) electrons. The van der Waals surface area contributed by atoms with Gasteiger partial charge in [0.25, 0.3) is 0 Å². The van der Waals surface area contributed by atoms with Crippen LogP contribution in [-0.2, 0) is 6.54 Å². The quantitative estimate of drug-likeness (QED) is 0.477. The van der Waals surface area contributed by atoms with E-state index in [0.29, 0.717) is 11.7 Å². The Balaban J connectivity index is 1.64. The van der Waals surface area contributed by atoms with E-state index in [0.717, 1.165) is 51.2 Å². The Morgan fingerprint density at radius 3 is 2.62 bits per heavy atom. The number of hydrogen-bond acceptors (Lipinski definition) is 5. The summed E-state index contributed by atoms with van der Waals surface area (Å²) >= 11 is 0. The van der Waals surface area contributed by atoms with Crippen LogP contribution in [0.2, 0.25) is 0 Å². The second kappa shape index (κ2) is 8.31. The number of H-pyrrole nitrogens is 1. The summed E-state index contributed by atoms with van der Waals surface area (Å²) in [5, 5.41) is 11.3. The van der Waals surface area contributed by atoms with Crippen molar-refractivity contribution in [2.75, 3.05) is 14.2 Å². The molecule has 7 nitrogen and oxygen atoms in total. The zero-order valence-electron chi connectivity index (χ0n) is 18.7. The zero-order valence-corrected chi connectivity index (χ0v) is 18.7. The van der Waals surface area contributed by atoms with E-state index in [-0.39, 0.29) is 5.69 Å². The molecule has 2 aromatic carbocycles. The van der Waals surface area contributed by atoms with Gasteiger partial charge in [0.2, 0.25) is 0 Å². The average Bonchev–Trinajstić information content (AvgIpc) is 3.46. The summed E-state index contributed by atoms with van der Waals surface area (Å²) in [5.41, 5.74) is 5.23. The first-order chi connectivity index (χ1) is 15.6. The monoisotopic (exact) mass is 432 g/mol. The molecule has 4 aromatic rings. The van der Waals surface area contributed by atoms with Gasteiger partial charge in [0, 0.05) is 29.1 Å². The topological polar surface area (TPSA) is 80.7 Å². The third-order valence-corrected chi connectivity index (χ3v) is 6.56. The molecule has 2 aromatic heterocycles. The van der Waals surface area contributed by atoms with E-state index in [1.807, 2.05) is 37.3 Å². The van der Waals surface area contributed by atoms with Crippen molar-refractivity contribution in [3.8, 4) is 22.6 Å². The Kier molecular flexibility index (Phi) is 5.35. The van der Waals surface area contributed by atoms with Crippen LogP contribution in [0.4, 0.5) is 0 Å². The summed E-state index contributed by atoms with van der Waals surface area (Å²) in [6.45, 7) is 2.77. The molecule has 0 bridgehead atoms. The molecule has 1 saturated carbocycles. The van der Waals surface area contributed by atoms with E-state index >= 15 is 0 Å². The number of aromatic amines is 1. The molecule has 5 rings (SSSR count). The lowest BCUT2D eigenvalue weighted by atomic mass is 9.98. The number of nitrogens with zero attached hydrogens (tertiary/aromatic N) is 2. The van der Waals surface area contributed by atoms with Gasteiger partial charge < -0.3 is 14.8 Å². The van der Waals surface area contributed by atoms with Gasteiger partial charge in [-0.05, 0) is 61.2 Å². The number of nitrogens with one attached hydrogen (secondary N) is 2. The standard InChI is InChI=1S/C25H28N4O3/c1-15-10-24-27-28-25(30)29(24)21-12-20(23(32-3)13-19(15)21)16-8-9-22(31-2)17(11-16)14-26-18-6-4-5-7-18/h8-13,18,26H,4-7,14H2,1-3H3,(H,28,30). The van der Waals surface area contributed by atoms with Crippen LogP contribution in [0.25, 0.3) is 27.7 Å². The average molecular weight is 433 g/mol. The Hall–Kier alpha value is -3.32. The van der Waals surface area contributed by atoms with Crippen molar-refractivity contribution in [2.24, 2.45) is 0 Å². The third-order valence-electron chi connectivity index (χ3n) is 6.56. The minimum Gasteiger partial charge on any atom is -0.496 e. The number of hydrogen-bond donors (Lipinski definition) is 2. The molecule has 1 aliphatic rings. The third kappa shape index (κ3) is 3.52. The van der Waals surface area contributed by atoms with E-state index in [4.69, 9.17) is 9.47 Å². The molecule has 7 heteroatoms. The first-order valence-electron chi connectivity index (χ1n) is 11.1. The highest BCUT2D eigenvalue weighted by Gasteiger charge is 2.17. The SMILES string of the molecule is COc1ccc(-c2cc3c(cc2OC)c(C)cc2n[nH]c(=O)n23)cc1CNC1CCCC1. The number of ether oxygens (including phenoxy) is 2. The maximum atomic E-state index is 12.4. The summed E-state index contributed by atoms with van der Waals surface area (Å²) in [5.74, 6) is 1.62. The highest BCUT2D eigenvalue weighted by molar-refractivity contribution is 5.92. The van der Waals surface area contributed by atoms with Crippen molar-refractivity contribution < 1.29 is 9.47 Å². The smallest absolute Gasteiger partial charge is 0.348 e. The van der Waals surface area contributed by atoms with Crippen molar-refractivity contribution in [1.29, 1.82) is 0 Å².